The van der Waals surface area contributed by atoms with Crippen molar-refractivity contribution in [2.24, 2.45) is 0 Å². The van der Waals surface area contributed by atoms with Crippen LogP contribution in [-0.2, 0) is 12.8 Å². The van der Waals surface area contributed by atoms with Crippen LogP contribution in [0.3, 0.4) is 0 Å². The van der Waals surface area contributed by atoms with Crippen LogP contribution in [0.1, 0.15) is 30.3 Å². The van der Waals surface area contributed by atoms with Gasteiger partial charge in [0, 0.05) is 72.0 Å². The van der Waals surface area contributed by atoms with Gasteiger partial charge in [-0.15, -0.1) is 11.3 Å². The number of aromatic nitrogens is 2. The van der Waals surface area contributed by atoms with Gasteiger partial charge in [0.2, 0.25) is 0 Å². The Hall–Kier alpha value is -2.32. The van der Waals surface area contributed by atoms with Crippen molar-refractivity contribution < 1.29 is 0 Å². The number of nitrogens with zero attached hydrogens (tertiary/aromatic N) is 4. The molecule has 2 aromatic heterocycles. The fourth-order valence-corrected chi connectivity index (χ4v) is 7.40. The van der Waals surface area contributed by atoms with Gasteiger partial charge >= 0.3 is 0 Å². The highest BCUT2D eigenvalue weighted by Crippen LogP contribution is 2.38. The number of para-hydroxylation sites is 1. The van der Waals surface area contributed by atoms with E-state index in [4.69, 9.17) is 17.3 Å². The van der Waals surface area contributed by atoms with Crippen LogP contribution < -0.4 is 10.6 Å². The molecule has 190 valence electrons. The van der Waals surface area contributed by atoms with Crippen molar-refractivity contribution in [1.29, 1.82) is 0 Å². The SMILES string of the molecule is CCCN(CCN1CCN(c2ccc3[nH]c4ccccc4c3c2Cl)CC1)C1CCc2nc(N)sc2C1. The molecule has 0 spiro atoms. The van der Waals surface area contributed by atoms with Crippen molar-refractivity contribution in [3.63, 3.8) is 0 Å². The zero-order valence-corrected chi connectivity index (χ0v) is 22.5. The molecule has 2 aliphatic rings. The van der Waals surface area contributed by atoms with E-state index in [0.29, 0.717) is 6.04 Å². The minimum atomic E-state index is 0.611. The summed E-state index contributed by atoms with van der Waals surface area (Å²) in [5, 5.41) is 3.93. The summed E-state index contributed by atoms with van der Waals surface area (Å²) in [4.78, 5) is 17.2. The second kappa shape index (κ2) is 10.2. The lowest BCUT2D eigenvalue weighted by Crippen LogP contribution is -2.50. The Morgan fingerprint density at radius 2 is 1.94 bits per heavy atom. The zero-order chi connectivity index (χ0) is 24.6. The lowest BCUT2D eigenvalue weighted by molar-refractivity contribution is 0.146. The molecule has 1 saturated heterocycles. The zero-order valence-electron chi connectivity index (χ0n) is 21.0. The molecule has 4 aromatic rings. The molecule has 3 N–H and O–H groups in total. The van der Waals surface area contributed by atoms with Crippen molar-refractivity contribution in [2.45, 2.75) is 38.6 Å². The Bertz CT molecular complexity index is 1360. The number of hydrogen-bond acceptors (Lipinski definition) is 6. The number of thiazole rings is 1. The van der Waals surface area contributed by atoms with E-state index >= 15 is 0 Å². The Morgan fingerprint density at radius 3 is 2.78 bits per heavy atom. The highest BCUT2D eigenvalue weighted by molar-refractivity contribution is 7.15. The largest absolute Gasteiger partial charge is 0.375 e. The molecule has 1 unspecified atom stereocenters. The summed E-state index contributed by atoms with van der Waals surface area (Å²) in [7, 11) is 0. The first-order chi connectivity index (χ1) is 17.6. The molecule has 0 saturated carbocycles. The van der Waals surface area contributed by atoms with Gasteiger partial charge in [-0.1, -0.05) is 36.7 Å². The first-order valence-corrected chi connectivity index (χ1v) is 14.4. The molecule has 3 heterocycles. The fraction of sp³-hybridized carbons (Fsp3) is 0.464. The smallest absolute Gasteiger partial charge is 0.180 e. The van der Waals surface area contributed by atoms with Crippen LogP contribution in [0.15, 0.2) is 36.4 Å². The van der Waals surface area contributed by atoms with Crippen molar-refractivity contribution in [2.75, 3.05) is 56.4 Å². The predicted molar refractivity (Wildman–Crippen MR) is 154 cm³/mol. The maximum Gasteiger partial charge on any atom is 0.180 e. The number of benzene rings is 2. The van der Waals surface area contributed by atoms with E-state index in [9.17, 15) is 0 Å². The van der Waals surface area contributed by atoms with E-state index in [-0.39, 0.29) is 0 Å². The number of nitrogen functional groups attached to an aromatic ring is 1. The number of halogens is 1. The molecule has 2 aromatic carbocycles. The van der Waals surface area contributed by atoms with Crippen LogP contribution in [-0.4, -0.2) is 71.6 Å². The summed E-state index contributed by atoms with van der Waals surface area (Å²) in [6, 6.07) is 13.4. The average molecular weight is 523 g/mol. The molecule has 1 aliphatic carbocycles. The molecule has 1 aliphatic heterocycles. The van der Waals surface area contributed by atoms with Crippen LogP contribution >= 0.6 is 22.9 Å². The lowest BCUT2D eigenvalue weighted by Gasteiger charge is -2.39. The number of nitrogens with two attached hydrogens (primary N) is 1. The minimum Gasteiger partial charge on any atom is -0.375 e. The second-order valence-corrected chi connectivity index (χ2v) is 11.7. The van der Waals surface area contributed by atoms with Crippen LogP contribution in [0, 0.1) is 0 Å². The van der Waals surface area contributed by atoms with Crippen molar-refractivity contribution >= 4 is 55.6 Å². The van der Waals surface area contributed by atoms with E-state index in [1.54, 1.807) is 11.3 Å². The first kappa shape index (κ1) is 24.0. The maximum absolute atomic E-state index is 7.00. The Balaban J connectivity index is 1.08. The van der Waals surface area contributed by atoms with Crippen LogP contribution in [0.2, 0.25) is 5.02 Å². The third kappa shape index (κ3) is 4.58. The summed E-state index contributed by atoms with van der Waals surface area (Å²) in [5.41, 5.74) is 10.6. The minimum absolute atomic E-state index is 0.611. The van der Waals surface area contributed by atoms with Crippen molar-refractivity contribution in [1.82, 2.24) is 19.8 Å². The van der Waals surface area contributed by atoms with Gasteiger partial charge in [-0.2, -0.15) is 0 Å². The molecule has 8 heteroatoms. The van der Waals surface area contributed by atoms with Gasteiger partial charge in [-0.05, 0) is 50.4 Å². The second-order valence-electron chi connectivity index (χ2n) is 10.2. The summed E-state index contributed by atoms with van der Waals surface area (Å²) in [6.45, 7) is 9.86. The predicted octanol–water partition coefficient (Wildman–Crippen LogP) is 5.40. The van der Waals surface area contributed by atoms with E-state index in [0.717, 1.165) is 90.9 Å². The number of piperazine rings is 1. The summed E-state index contributed by atoms with van der Waals surface area (Å²) in [5.74, 6) is 0. The molecular weight excluding hydrogens is 488 g/mol. The van der Waals surface area contributed by atoms with E-state index < -0.39 is 0 Å². The number of fused-ring (bicyclic) bond motifs is 4. The number of anilines is 2. The van der Waals surface area contributed by atoms with Gasteiger partial charge in [0.1, 0.15) is 0 Å². The number of nitrogens with one attached hydrogen (secondary N) is 1. The number of hydrogen-bond donors (Lipinski definition) is 2. The highest BCUT2D eigenvalue weighted by atomic mass is 35.5. The Labute approximate surface area is 222 Å². The van der Waals surface area contributed by atoms with Gasteiger partial charge in [0.15, 0.2) is 5.13 Å². The van der Waals surface area contributed by atoms with Crippen LogP contribution in [0.4, 0.5) is 10.8 Å². The molecule has 6 rings (SSSR count). The van der Waals surface area contributed by atoms with Crippen LogP contribution in [0.5, 0.6) is 0 Å². The monoisotopic (exact) mass is 522 g/mol. The molecule has 0 radical (unpaired) electrons. The molecule has 6 nitrogen and oxygen atoms in total. The third-order valence-electron chi connectivity index (χ3n) is 7.96. The maximum atomic E-state index is 7.00. The summed E-state index contributed by atoms with van der Waals surface area (Å²) < 4.78 is 0. The van der Waals surface area contributed by atoms with E-state index in [2.05, 4.69) is 68.0 Å². The number of aromatic amines is 1. The molecule has 0 bridgehead atoms. The van der Waals surface area contributed by atoms with Crippen molar-refractivity contribution in [3.05, 3.63) is 52.0 Å². The van der Waals surface area contributed by atoms with Gasteiger partial charge in [-0.3, -0.25) is 9.80 Å². The molecule has 0 amide bonds. The van der Waals surface area contributed by atoms with Gasteiger partial charge in [0.05, 0.1) is 16.4 Å². The lowest BCUT2D eigenvalue weighted by atomic mass is 9.96. The van der Waals surface area contributed by atoms with Crippen LogP contribution in [0.25, 0.3) is 21.8 Å². The summed E-state index contributed by atoms with van der Waals surface area (Å²) in [6.07, 6.45) is 4.55. The van der Waals surface area contributed by atoms with Gasteiger partial charge < -0.3 is 15.6 Å². The standard InChI is InChI=1S/C28H35ClN6S/c1-2-11-34(19-7-8-22-25(18-19)36-28(30)32-22)15-12-33-13-16-35(17-14-33)24-10-9-23-26(27(24)29)20-5-3-4-6-21(20)31-23/h3-6,9-10,19,31H,2,7-8,11-18H2,1H3,(H2,30,32). The Morgan fingerprint density at radius 1 is 1.11 bits per heavy atom. The van der Waals surface area contributed by atoms with E-state index in [1.807, 2.05) is 0 Å². The first-order valence-electron chi connectivity index (χ1n) is 13.2. The highest BCUT2D eigenvalue weighted by Gasteiger charge is 2.27. The van der Waals surface area contributed by atoms with E-state index in [1.165, 1.54) is 28.8 Å². The fourth-order valence-electron chi connectivity index (χ4n) is 6.07. The summed E-state index contributed by atoms with van der Waals surface area (Å²) >= 11 is 8.69. The average Bonchev–Trinajstić information content (AvgIpc) is 3.46. The number of rotatable bonds is 7. The number of H-pyrrole nitrogens is 1. The molecule has 1 atom stereocenters. The quantitative estimate of drug-likeness (QED) is 0.340. The molecule has 1 fully saturated rings. The van der Waals surface area contributed by atoms with Gasteiger partial charge in [0.25, 0.3) is 0 Å². The third-order valence-corrected chi connectivity index (χ3v) is 9.29. The Kier molecular flexibility index (Phi) is 6.82. The number of aryl methyl sites for hydroxylation is 1. The topological polar surface area (TPSA) is 64.4 Å². The van der Waals surface area contributed by atoms with Gasteiger partial charge in [-0.25, -0.2) is 4.98 Å². The molecule has 36 heavy (non-hydrogen) atoms. The molecular formula is C28H35ClN6S. The normalized spacial score (nSPS) is 19.0. The van der Waals surface area contributed by atoms with Crippen molar-refractivity contribution in [3.8, 4) is 0 Å².